The van der Waals surface area contributed by atoms with Gasteiger partial charge < -0.3 is 25.3 Å². The second kappa shape index (κ2) is 8.99. The van der Waals surface area contributed by atoms with Crippen LogP contribution < -0.4 is 21.5 Å². The van der Waals surface area contributed by atoms with Crippen LogP contribution in [0, 0.1) is 0 Å². The second-order valence-corrected chi connectivity index (χ2v) is 9.68. The average molecular weight is 483 g/mol. The van der Waals surface area contributed by atoms with Crippen molar-refractivity contribution in [2.45, 2.75) is 62.9 Å². The lowest BCUT2D eigenvalue weighted by Gasteiger charge is -2.36. The predicted molar refractivity (Wildman–Crippen MR) is 132 cm³/mol. The summed E-state index contributed by atoms with van der Waals surface area (Å²) in [6.07, 6.45) is 6.44. The third-order valence-electron chi connectivity index (χ3n) is 7.28. The van der Waals surface area contributed by atoms with Crippen LogP contribution in [0.4, 0.5) is 21.7 Å². The minimum Gasteiger partial charge on any atom is -0.379 e. The molecule has 3 heterocycles. The highest BCUT2D eigenvalue weighted by atomic mass is 19.1. The van der Waals surface area contributed by atoms with Crippen LogP contribution >= 0.6 is 0 Å². The second-order valence-electron chi connectivity index (χ2n) is 9.68. The molecule has 0 aliphatic heterocycles. The molecule has 2 aliphatic rings. The van der Waals surface area contributed by atoms with Gasteiger partial charge in [0.25, 0.3) is 11.5 Å². The Morgan fingerprint density at radius 1 is 1.26 bits per heavy atom. The largest absolute Gasteiger partial charge is 0.379 e. The van der Waals surface area contributed by atoms with Gasteiger partial charge in [-0.3, -0.25) is 14.0 Å². The van der Waals surface area contributed by atoms with Gasteiger partial charge in [0, 0.05) is 45.1 Å². The number of methoxy groups -OCH3 is 1. The number of halogens is 1. The molecule has 2 aliphatic carbocycles. The zero-order valence-electron chi connectivity index (χ0n) is 20.2. The van der Waals surface area contributed by atoms with Crippen molar-refractivity contribution in [3.8, 4) is 0 Å². The maximum atomic E-state index is 13.3. The SMILES string of the molecule is CNc1cc(Nc2cccn(C3CCC(C)(OC)CC3)c2=O)nc2c(C(=O)N[C@H]3C[C@H]3F)ccn12. The Morgan fingerprint density at radius 2 is 2.00 bits per heavy atom. The molecule has 0 spiro atoms. The smallest absolute Gasteiger partial charge is 0.274 e. The molecule has 9 nitrogen and oxygen atoms in total. The van der Waals surface area contributed by atoms with Crippen molar-refractivity contribution < 1.29 is 13.9 Å². The molecule has 0 bridgehead atoms. The lowest BCUT2D eigenvalue weighted by atomic mass is 9.83. The van der Waals surface area contributed by atoms with Gasteiger partial charge in [0.1, 0.15) is 23.5 Å². The standard InChI is InChI=1S/C25H31FN6O3/c1-25(35-3)9-6-15(7-10-25)31-11-4-5-18(24(31)34)28-20-14-21(27-2)32-12-8-16(22(32)30-20)23(33)29-19-13-17(19)26/h4-5,8,11-12,14-15,17,19,27H,6-7,9-10,13H2,1-3H3,(H,28,30)(H,29,33)/t15?,17-,19+,25?/m1/s1. The number of carbonyl (C=O) groups excluding carboxylic acids is 1. The van der Waals surface area contributed by atoms with Crippen molar-refractivity contribution in [2.24, 2.45) is 0 Å². The highest BCUT2D eigenvalue weighted by molar-refractivity contribution is 6.01. The van der Waals surface area contributed by atoms with Crippen LogP contribution in [0.5, 0.6) is 0 Å². The van der Waals surface area contributed by atoms with E-state index in [9.17, 15) is 14.0 Å². The fourth-order valence-electron chi connectivity index (χ4n) is 4.80. The fraction of sp³-hybridized carbons (Fsp3) is 0.480. The predicted octanol–water partition coefficient (Wildman–Crippen LogP) is 3.64. The Morgan fingerprint density at radius 3 is 2.66 bits per heavy atom. The maximum Gasteiger partial charge on any atom is 0.274 e. The third-order valence-corrected chi connectivity index (χ3v) is 7.28. The molecule has 0 radical (unpaired) electrons. The number of anilines is 3. The Bertz CT molecular complexity index is 1310. The highest BCUT2D eigenvalue weighted by Gasteiger charge is 2.39. The van der Waals surface area contributed by atoms with Crippen LogP contribution in [-0.2, 0) is 4.74 Å². The van der Waals surface area contributed by atoms with Crippen molar-refractivity contribution in [1.29, 1.82) is 0 Å². The van der Waals surface area contributed by atoms with Gasteiger partial charge in [-0.05, 0) is 50.8 Å². The molecule has 2 fully saturated rings. The zero-order valence-corrected chi connectivity index (χ0v) is 20.2. The summed E-state index contributed by atoms with van der Waals surface area (Å²) in [5, 5.41) is 8.94. The molecular weight excluding hydrogens is 451 g/mol. The van der Waals surface area contributed by atoms with Crippen LogP contribution in [0.1, 0.15) is 55.4 Å². The number of fused-ring (bicyclic) bond motifs is 1. The van der Waals surface area contributed by atoms with Crippen LogP contribution in [-0.4, -0.2) is 51.8 Å². The molecule has 3 aromatic rings. The Hall–Kier alpha value is -3.40. The molecule has 2 saturated carbocycles. The number of nitrogens with zero attached hydrogens (tertiary/aromatic N) is 3. The number of ether oxygens (including phenoxy) is 1. The van der Waals surface area contributed by atoms with Crippen LogP contribution in [0.3, 0.4) is 0 Å². The number of carbonyl (C=O) groups is 1. The zero-order chi connectivity index (χ0) is 24.7. The van der Waals surface area contributed by atoms with Gasteiger partial charge in [0.2, 0.25) is 0 Å². The average Bonchev–Trinajstić information content (AvgIpc) is 3.37. The first-order valence-electron chi connectivity index (χ1n) is 12.0. The number of nitrogens with one attached hydrogen (secondary N) is 3. The Labute approximate surface area is 202 Å². The monoisotopic (exact) mass is 482 g/mol. The fourth-order valence-corrected chi connectivity index (χ4v) is 4.80. The molecule has 0 aromatic carbocycles. The molecule has 0 saturated heterocycles. The summed E-state index contributed by atoms with van der Waals surface area (Å²) in [5.74, 6) is 0.746. The summed E-state index contributed by atoms with van der Waals surface area (Å²) in [6, 6.07) is 6.68. The lowest BCUT2D eigenvalue weighted by Crippen LogP contribution is -2.36. The van der Waals surface area contributed by atoms with Crippen LogP contribution in [0.15, 0.2) is 41.5 Å². The molecule has 10 heteroatoms. The number of alkyl halides is 1. The van der Waals surface area contributed by atoms with Gasteiger partial charge >= 0.3 is 0 Å². The van der Waals surface area contributed by atoms with E-state index in [4.69, 9.17) is 4.74 Å². The van der Waals surface area contributed by atoms with E-state index in [1.54, 1.807) is 47.5 Å². The van der Waals surface area contributed by atoms with Crippen molar-refractivity contribution in [2.75, 3.05) is 24.8 Å². The number of hydrogen-bond acceptors (Lipinski definition) is 6. The number of rotatable bonds is 7. The summed E-state index contributed by atoms with van der Waals surface area (Å²) >= 11 is 0. The summed E-state index contributed by atoms with van der Waals surface area (Å²) in [6.45, 7) is 2.11. The molecule has 0 unspecified atom stereocenters. The Balaban J connectivity index is 1.42. The first-order valence-corrected chi connectivity index (χ1v) is 12.0. The van der Waals surface area contributed by atoms with Crippen LogP contribution in [0.2, 0.25) is 0 Å². The first-order chi connectivity index (χ1) is 16.8. The molecule has 5 rings (SSSR count). The van der Waals surface area contributed by atoms with Gasteiger partial charge in [0.05, 0.1) is 17.2 Å². The van der Waals surface area contributed by atoms with E-state index in [-0.39, 0.29) is 23.1 Å². The van der Waals surface area contributed by atoms with Gasteiger partial charge in [0.15, 0.2) is 5.65 Å². The van der Waals surface area contributed by atoms with Gasteiger partial charge in [-0.25, -0.2) is 9.37 Å². The minimum atomic E-state index is -0.987. The van der Waals surface area contributed by atoms with E-state index in [1.165, 1.54) is 0 Å². The molecule has 35 heavy (non-hydrogen) atoms. The highest BCUT2D eigenvalue weighted by Crippen LogP contribution is 2.36. The lowest BCUT2D eigenvalue weighted by molar-refractivity contribution is -0.0324. The number of amides is 1. The van der Waals surface area contributed by atoms with E-state index < -0.39 is 12.2 Å². The number of aromatic nitrogens is 3. The van der Waals surface area contributed by atoms with E-state index in [2.05, 4.69) is 27.9 Å². The first kappa shape index (κ1) is 23.3. The van der Waals surface area contributed by atoms with Crippen molar-refractivity contribution >= 4 is 28.9 Å². The van der Waals surface area contributed by atoms with Gasteiger partial charge in [-0.2, -0.15) is 0 Å². The molecule has 2 atom stereocenters. The molecular formula is C25H31FN6O3. The molecule has 3 aromatic heterocycles. The maximum absolute atomic E-state index is 13.3. The summed E-state index contributed by atoms with van der Waals surface area (Å²) < 4.78 is 22.5. The van der Waals surface area contributed by atoms with E-state index >= 15 is 0 Å². The number of pyridine rings is 1. The van der Waals surface area contributed by atoms with Gasteiger partial charge in [-0.1, -0.05) is 0 Å². The normalized spacial score (nSPS) is 25.9. The Kier molecular flexibility index (Phi) is 6.00. The van der Waals surface area contributed by atoms with Crippen molar-refractivity contribution in [3.05, 3.63) is 52.6 Å². The number of hydrogen-bond donors (Lipinski definition) is 3. The summed E-state index contributed by atoms with van der Waals surface area (Å²) in [7, 11) is 3.51. The van der Waals surface area contributed by atoms with Crippen molar-refractivity contribution in [3.63, 3.8) is 0 Å². The van der Waals surface area contributed by atoms with E-state index in [0.29, 0.717) is 35.0 Å². The van der Waals surface area contributed by atoms with Gasteiger partial charge in [-0.15, -0.1) is 0 Å². The summed E-state index contributed by atoms with van der Waals surface area (Å²) in [5.41, 5.74) is 0.906. The topological polar surface area (TPSA) is 102 Å². The summed E-state index contributed by atoms with van der Waals surface area (Å²) in [4.78, 5) is 30.6. The van der Waals surface area contributed by atoms with E-state index in [0.717, 1.165) is 25.7 Å². The molecule has 186 valence electrons. The molecule has 3 N–H and O–H groups in total. The van der Waals surface area contributed by atoms with Crippen molar-refractivity contribution in [1.82, 2.24) is 19.3 Å². The van der Waals surface area contributed by atoms with Crippen LogP contribution in [0.25, 0.3) is 5.65 Å². The minimum absolute atomic E-state index is 0.110. The quantitative estimate of drug-likeness (QED) is 0.475. The molecule has 1 amide bonds. The van der Waals surface area contributed by atoms with E-state index in [1.807, 2.05) is 12.3 Å². The third kappa shape index (κ3) is 4.50.